The molecule has 3 N–H and O–H groups in total. The van der Waals surface area contributed by atoms with Gasteiger partial charge in [0.05, 0.1) is 10.9 Å². The van der Waals surface area contributed by atoms with E-state index in [0.29, 0.717) is 28.9 Å². The molecule has 0 saturated carbocycles. The molecule has 24 heavy (non-hydrogen) atoms. The fourth-order valence-electron chi connectivity index (χ4n) is 3.12. The number of aromatic amines is 1. The predicted molar refractivity (Wildman–Crippen MR) is 92.4 cm³/mol. The van der Waals surface area contributed by atoms with Crippen LogP contribution in [0.4, 0.5) is 0 Å². The number of hydrogen-bond donors (Lipinski definition) is 3. The summed E-state index contributed by atoms with van der Waals surface area (Å²) in [5.41, 5.74) is 0.0210. The largest absolute Gasteiger partial charge is 0.348 e. The molecule has 2 unspecified atom stereocenters. The maximum atomic E-state index is 12.5. The minimum Gasteiger partial charge on any atom is -0.348 e. The molecule has 7 heteroatoms. The molecule has 2 atom stereocenters. The summed E-state index contributed by atoms with van der Waals surface area (Å²) in [5.74, 6) is 0.213. The van der Waals surface area contributed by atoms with Crippen molar-refractivity contribution in [2.24, 2.45) is 5.92 Å². The molecule has 1 fully saturated rings. The van der Waals surface area contributed by atoms with E-state index in [2.05, 4.69) is 22.5 Å². The molecule has 1 aromatic carbocycles. The first kappa shape index (κ1) is 16.4. The highest BCUT2D eigenvalue weighted by Crippen LogP contribution is 2.13. The fourth-order valence-corrected chi connectivity index (χ4v) is 3.12. The van der Waals surface area contributed by atoms with Crippen molar-refractivity contribution < 1.29 is 4.79 Å². The van der Waals surface area contributed by atoms with Gasteiger partial charge in [-0.05, 0) is 44.0 Å². The van der Waals surface area contributed by atoms with Crippen molar-refractivity contribution in [1.82, 2.24) is 20.2 Å². The van der Waals surface area contributed by atoms with E-state index in [1.807, 2.05) is 0 Å². The number of carbonyl (C=O) groups excluding carboxylic acids is 1. The van der Waals surface area contributed by atoms with Gasteiger partial charge in [-0.25, -0.2) is 4.79 Å². The monoisotopic (exact) mass is 330 g/mol. The fraction of sp³-hybridized carbons (Fsp3) is 0.471. The van der Waals surface area contributed by atoms with Gasteiger partial charge in [-0.3, -0.25) is 14.2 Å². The summed E-state index contributed by atoms with van der Waals surface area (Å²) in [4.78, 5) is 39.3. The second-order valence-electron chi connectivity index (χ2n) is 6.29. The maximum Gasteiger partial charge on any atom is 0.328 e. The SMILES string of the molecule is CCn1c(=O)[nH]c2cc(C(=O)NC3CNCCC3C)ccc2c1=O. The molecule has 0 bridgehead atoms. The van der Waals surface area contributed by atoms with Crippen molar-refractivity contribution in [3.05, 3.63) is 44.6 Å². The molecule has 1 aromatic heterocycles. The van der Waals surface area contributed by atoms with E-state index >= 15 is 0 Å². The van der Waals surface area contributed by atoms with Crippen LogP contribution in [0.1, 0.15) is 30.6 Å². The van der Waals surface area contributed by atoms with E-state index in [4.69, 9.17) is 0 Å². The number of rotatable bonds is 3. The van der Waals surface area contributed by atoms with Gasteiger partial charge in [0.15, 0.2) is 0 Å². The molecule has 1 saturated heterocycles. The number of fused-ring (bicyclic) bond motifs is 1. The van der Waals surface area contributed by atoms with E-state index in [0.717, 1.165) is 24.1 Å². The number of amides is 1. The second kappa shape index (κ2) is 6.60. The summed E-state index contributed by atoms with van der Waals surface area (Å²) in [5, 5.41) is 6.70. The van der Waals surface area contributed by atoms with E-state index in [1.165, 1.54) is 0 Å². The number of carbonyl (C=O) groups is 1. The van der Waals surface area contributed by atoms with Gasteiger partial charge in [-0.15, -0.1) is 0 Å². The maximum absolute atomic E-state index is 12.5. The molecule has 7 nitrogen and oxygen atoms in total. The Morgan fingerprint density at radius 2 is 2.17 bits per heavy atom. The standard InChI is InChI=1S/C17H22N4O3/c1-3-21-16(23)12-5-4-11(8-13(12)20-17(21)24)15(22)19-14-9-18-7-6-10(14)2/h4-5,8,10,14,18H,3,6-7,9H2,1-2H3,(H,19,22)(H,20,24). The van der Waals surface area contributed by atoms with Crippen LogP contribution in [0.5, 0.6) is 0 Å². The summed E-state index contributed by atoms with van der Waals surface area (Å²) in [6, 6.07) is 4.86. The Balaban J connectivity index is 1.91. The van der Waals surface area contributed by atoms with Crippen molar-refractivity contribution >= 4 is 16.8 Å². The predicted octanol–water partition coefficient (Wildman–Crippen LogP) is 0.438. The number of aromatic nitrogens is 2. The first-order valence-electron chi connectivity index (χ1n) is 8.29. The first-order valence-corrected chi connectivity index (χ1v) is 8.29. The highest BCUT2D eigenvalue weighted by molar-refractivity contribution is 5.97. The number of H-pyrrole nitrogens is 1. The van der Waals surface area contributed by atoms with Crippen molar-refractivity contribution in [3.8, 4) is 0 Å². The minimum atomic E-state index is -0.460. The highest BCUT2D eigenvalue weighted by atomic mass is 16.2. The molecule has 2 aromatic rings. The summed E-state index contributed by atoms with van der Waals surface area (Å²) < 4.78 is 1.14. The van der Waals surface area contributed by atoms with Gasteiger partial charge >= 0.3 is 5.69 Å². The van der Waals surface area contributed by atoms with Crippen molar-refractivity contribution in [3.63, 3.8) is 0 Å². The molecule has 1 amide bonds. The van der Waals surface area contributed by atoms with Gasteiger partial charge in [0.2, 0.25) is 0 Å². The topological polar surface area (TPSA) is 96.0 Å². The molecule has 1 aliphatic rings. The van der Waals surface area contributed by atoms with Gasteiger partial charge in [0.1, 0.15) is 0 Å². The normalized spacial score (nSPS) is 20.9. The Morgan fingerprint density at radius 3 is 2.88 bits per heavy atom. The first-order chi connectivity index (χ1) is 11.5. The quantitative estimate of drug-likeness (QED) is 0.761. The minimum absolute atomic E-state index is 0.0779. The van der Waals surface area contributed by atoms with Crippen LogP contribution >= 0.6 is 0 Å². The third-order valence-electron chi connectivity index (χ3n) is 4.70. The van der Waals surface area contributed by atoms with Crippen molar-refractivity contribution in [1.29, 1.82) is 0 Å². The molecule has 2 heterocycles. The lowest BCUT2D eigenvalue weighted by molar-refractivity contribution is 0.0915. The summed E-state index contributed by atoms with van der Waals surface area (Å²) in [7, 11) is 0. The number of nitrogens with zero attached hydrogens (tertiary/aromatic N) is 1. The lowest BCUT2D eigenvalue weighted by Gasteiger charge is -2.30. The van der Waals surface area contributed by atoms with Crippen molar-refractivity contribution in [2.75, 3.05) is 13.1 Å². The van der Waals surface area contributed by atoms with Crippen molar-refractivity contribution in [2.45, 2.75) is 32.9 Å². The summed E-state index contributed by atoms with van der Waals surface area (Å²) in [6.07, 6.45) is 1.02. The number of hydrogen-bond acceptors (Lipinski definition) is 4. The highest BCUT2D eigenvalue weighted by Gasteiger charge is 2.23. The van der Waals surface area contributed by atoms with Crippen LogP contribution in [-0.2, 0) is 6.54 Å². The van der Waals surface area contributed by atoms with E-state index in [1.54, 1.807) is 25.1 Å². The molecular formula is C17H22N4O3. The number of piperidine rings is 1. The second-order valence-corrected chi connectivity index (χ2v) is 6.29. The number of benzene rings is 1. The third-order valence-corrected chi connectivity index (χ3v) is 4.70. The van der Waals surface area contributed by atoms with Gasteiger partial charge < -0.3 is 15.6 Å². The average Bonchev–Trinajstić information content (AvgIpc) is 2.56. The Kier molecular flexibility index (Phi) is 4.53. The van der Waals surface area contributed by atoms with Gasteiger partial charge in [0.25, 0.3) is 11.5 Å². The summed E-state index contributed by atoms with van der Waals surface area (Å²) >= 11 is 0. The molecular weight excluding hydrogens is 308 g/mol. The van der Waals surface area contributed by atoms with Gasteiger partial charge in [-0.1, -0.05) is 6.92 Å². The van der Waals surface area contributed by atoms with E-state index in [-0.39, 0.29) is 17.5 Å². The zero-order valence-corrected chi connectivity index (χ0v) is 13.9. The van der Waals surface area contributed by atoms with Crippen LogP contribution in [-0.4, -0.2) is 34.6 Å². The zero-order chi connectivity index (χ0) is 17.3. The van der Waals surface area contributed by atoms with Gasteiger partial charge in [-0.2, -0.15) is 0 Å². The third kappa shape index (κ3) is 2.99. The molecule has 0 radical (unpaired) electrons. The molecule has 3 rings (SSSR count). The van der Waals surface area contributed by atoms with E-state index < -0.39 is 5.69 Å². The van der Waals surface area contributed by atoms with Crippen LogP contribution in [0, 0.1) is 5.92 Å². The lowest BCUT2D eigenvalue weighted by atomic mass is 9.94. The smallest absolute Gasteiger partial charge is 0.328 e. The Morgan fingerprint density at radius 1 is 1.38 bits per heavy atom. The number of nitrogens with one attached hydrogen (secondary N) is 3. The molecule has 1 aliphatic heterocycles. The Hall–Kier alpha value is -2.41. The molecule has 128 valence electrons. The van der Waals surface area contributed by atoms with Crippen LogP contribution in [0.25, 0.3) is 10.9 Å². The van der Waals surface area contributed by atoms with Gasteiger partial charge in [0, 0.05) is 24.7 Å². The average molecular weight is 330 g/mol. The lowest BCUT2D eigenvalue weighted by Crippen LogP contribution is -2.50. The zero-order valence-electron chi connectivity index (χ0n) is 13.9. The van der Waals surface area contributed by atoms with Crippen LogP contribution in [0.3, 0.4) is 0 Å². The van der Waals surface area contributed by atoms with Crippen LogP contribution in [0.15, 0.2) is 27.8 Å². The van der Waals surface area contributed by atoms with Crippen LogP contribution in [0.2, 0.25) is 0 Å². The molecule has 0 aliphatic carbocycles. The van der Waals surface area contributed by atoms with E-state index in [9.17, 15) is 14.4 Å². The molecule has 0 spiro atoms. The summed E-state index contributed by atoms with van der Waals surface area (Å²) in [6.45, 7) is 5.88. The Labute approximate surface area is 139 Å². The Bertz CT molecular complexity index is 884. The van der Waals surface area contributed by atoms with Crippen LogP contribution < -0.4 is 21.9 Å².